The molecule has 0 aliphatic carbocycles. The van der Waals surface area contributed by atoms with Crippen LogP contribution in [0.2, 0.25) is 5.02 Å². The number of amides is 2. The first-order chi connectivity index (χ1) is 18.4. The van der Waals surface area contributed by atoms with Gasteiger partial charge in [0.05, 0.1) is 23.2 Å². The van der Waals surface area contributed by atoms with Crippen LogP contribution in [-0.4, -0.2) is 16.8 Å². The minimum atomic E-state index is -1.78. The second-order valence-electron chi connectivity index (χ2n) is 9.34. The maximum absolute atomic E-state index is 14.7. The first kappa shape index (κ1) is 22.9. The van der Waals surface area contributed by atoms with Crippen LogP contribution in [0.15, 0.2) is 87.5 Å². The molecule has 5 aromatic rings. The van der Waals surface area contributed by atoms with Gasteiger partial charge in [-0.1, -0.05) is 59.6 Å². The van der Waals surface area contributed by atoms with Gasteiger partial charge in [0, 0.05) is 22.2 Å². The molecular formula is C29H18ClN3O4S. The smallest absolute Gasteiger partial charge is 0.297 e. The number of thiazole rings is 1. The van der Waals surface area contributed by atoms with Crippen LogP contribution in [0.4, 0.5) is 10.8 Å². The summed E-state index contributed by atoms with van der Waals surface area (Å²) in [6, 6.07) is 19.8. The molecule has 9 heteroatoms. The van der Waals surface area contributed by atoms with E-state index in [0.717, 1.165) is 11.1 Å². The number of aryl methyl sites for hydroxylation is 1. The van der Waals surface area contributed by atoms with Crippen LogP contribution in [0.3, 0.4) is 0 Å². The van der Waals surface area contributed by atoms with Crippen molar-refractivity contribution in [2.24, 2.45) is 0 Å². The van der Waals surface area contributed by atoms with Crippen molar-refractivity contribution < 1.29 is 14.0 Å². The Morgan fingerprint density at radius 3 is 2.58 bits per heavy atom. The molecule has 0 N–H and O–H groups in total. The first-order valence-corrected chi connectivity index (χ1v) is 13.1. The lowest BCUT2D eigenvalue weighted by atomic mass is 9.84. The Kier molecular flexibility index (Phi) is 4.89. The number of hydrogen-bond acceptors (Lipinski definition) is 6. The zero-order chi connectivity index (χ0) is 26.2. The molecule has 3 aromatic carbocycles. The van der Waals surface area contributed by atoms with E-state index in [1.807, 2.05) is 43.3 Å². The van der Waals surface area contributed by atoms with Gasteiger partial charge in [-0.05, 0) is 36.8 Å². The topological polar surface area (TPSA) is 83.7 Å². The van der Waals surface area contributed by atoms with Crippen molar-refractivity contribution in [3.63, 3.8) is 0 Å². The number of fused-ring (bicyclic) bond motifs is 5. The fourth-order valence-electron chi connectivity index (χ4n) is 5.49. The molecule has 186 valence electrons. The Bertz CT molecular complexity index is 1850. The molecule has 0 radical (unpaired) electrons. The van der Waals surface area contributed by atoms with Crippen LogP contribution < -0.4 is 15.2 Å². The van der Waals surface area contributed by atoms with Gasteiger partial charge in [-0.3, -0.25) is 19.3 Å². The second kappa shape index (κ2) is 8.11. The van der Waals surface area contributed by atoms with Crippen molar-refractivity contribution in [3.8, 4) is 0 Å². The molecule has 1 spiro atoms. The molecule has 2 amide bonds. The highest BCUT2D eigenvalue weighted by molar-refractivity contribution is 7.13. The zero-order valence-corrected chi connectivity index (χ0v) is 21.5. The monoisotopic (exact) mass is 539 g/mol. The molecule has 7 rings (SSSR count). The van der Waals surface area contributed by atoms with Crippen LogP contribution in [0.5, 0.6) is 0 Å². The van der Waals surface area contributed by atoms with E-state index in [1.165, 1.54) is 22.3 Å². The molecule has 7 nitrogen and oxygen atoms in total. The van der Waals surface area contributed by atoms with E-state index in [1.54, 1.807) is 40.7 Å². The number of halogens is 1. The van der Waals surface area contributed by atoms with Crippen LogP contribution in [0, 0.1) is 6.92 Å². The summed E-state index contributed by atoms with van der Waals surface area (Å²) in [7, 11) is 0. The third kappa shape index (κ3) is 2.95. The molecule has 4 heterocycles. The fourth-order valence-corrected chi connectivity index (χ4v) is 6.36. The molecule has 38 heavy (non-hydrogen) atoms. The quantitative estimate of drug-likeness (QED) is 0.295. The molecule has 2 aliphatic heterocycles. The third-order valence-corrected chi connectivity index (χ3v) is 8.15. The van der Waals surface area contributed by atoms with E-state index in [0.29, 0.717) is 21.4 Å². The minimum Gasteiger partial charge on any atom is -0.450 e. The summed E-state index contributed by atoms with van der Waals surface area (Å²) < 4.78 is 6.05. The molecule has 1 unspecified atom stereocenters. The Balaban J connectivity index is 1.55. The van der Waals surface area contributed by atoms with Crippen LogP contribution in [0.1, 0.15) is 32.8 Å². The number of benzene rings is 3. The SMILES string of the molecule is Cc1ccc(CN2C(=O)C3(c4ccccc42)c2c(oc4ccc(Cl)cc4c2=O)C(=O)N3c2nccs2)cc1. The lowest BCUT2D eigenvalue weighted by molar-refractivity contribution is -0.121. The Morgan fingerprint density at radius 1 is 1.03 bits per heavy atom. The van der Waals surface area contributed by atoms with E-state index in [-0.39, 0.29) is 28.8 Å². The fraction of sp³-hybridized carbons (Fsp3) is 0.103. The van der Waals surface area contributed by atoms with Crippen molar-refractivity contribution in [1.29, 1.82) is 0 Å². The number of para-hydroxylation sites is 1. The molecule has 0 fully saturated rings. The summed E-state index contributed by atoms with van der Waals surface area (Å²) in [5.74, 6) is -1.18. The number of nitrogens with zero attached hydrogens (tertiary/aromatic N) is 3. The van der Waals surface area contributed by atoms with Crippen LogP contribution in [0.25, 0.3) is 11.0 Å². The lowest BCUT2D eigenvalue weighted by Gasteiger charge is -2.32. The highest BCUT2D eigenvalue weighted by atomic mass is 35.5. The van der Waals surface area contributed by atoms with Crippen molar-refractivity contribution in [2.75, 3.05) is 9.80 Å². The minimum absolute atomic E-state index is 0.0173. The molecule has 2 aliphatic rings. The number of hydrogen-bond donors (Lipinski definition) is 0. The van der Waals surface area contributed by atoms with Gasteiger partial charge >= 0.3 is 0 Å². The summed E-state index contributed by atoms with van der Waals surface area (Å²) in [5, 5.41) is 2.56. The molecule has 0 saturated carbocycles. The predicted octanol–water partition coefficient (Wildman–Crippen LogP) is 5.66. The first-order valence-electron chi connectivity index (χ1n) is 11.9. The summed E-state index contributed by atoms with van der Waals surface area (Å²) in [5.41, 5.74) is 1.11. The van der Waals surface area contributed by atoms with E-state index in [4.69, 9.17) is 16.0 Å². The van der Waals surface area contributed by atoms with Gasteiger partial charge in [-0.15, -0.1) is 11.3 Å². The number of rotatable bonds is 3. The third-order valence-electron chi connectivity index (χ3n) is 7.16. The van der Waals surface area contributed by atoms with Crippen LogP contribution >= 0.6 is 22.9 Å². The van der Waals surface area contributed by atoms with E-state index in [9.17, 15) is 14.4 Å². The van der Waals surface area contributed by atoms with Crippen molar-refractivity contribution in [3.05, 3.63) is 122 Å². The van der Waals surface area contributed by atoms with Crippen LogP contribution in [-0.2, 0) is 16.9 Å². The van der Waals surface area contributed by atoms with Crippen molar-refractivity contribution in [2.45, 2.75) is 19.0 Å². The number of aromatic nitrogens is 1. The summed E-state index contributed by atoms with van der Waals surface area (Å²) in [6.45, 7) is 2.26. The Morgan fingerprint density at radius 2 is 1.82 bits per heavy atom. The highest BCUT2D eigenvalue weighted by Crippen LogP contribution is 2.54. The van der Waals surface area contributed by atoms with Gasteiger partial charge in [-0.2, -0.15) is 0 Å². The zero-order valence-electron chi connectivity index (χ0n) is 20.0. The van der Waals surface area contributed by atoms with Crippen molar-refractivity contribution in [1.82, 2.24) is 4.98 Å². The Hall–Kier alpha value is -4.27. The number of anilines is 2. The lowest BCUT2D eigenvalue weighted by Crippen LogP contribution is -2.53. The normalized spacial score (nSPS) is 18.1. The summed E-state index contributed by atoms with van der Waals surface area (Å²) in [4.78, 5) is 50.3. The van der Waals surface area contributed by atoms with Gasteiger partial charge in [0.25, 0.3) is 11.8 Å². The standard InChI is InChI=1S/C29H18ClN3O4S/c1-16-6-8-17(9-7-16)15-32-21-5-3-2-4-20(21)29(27(32)36)23-24(34)19-14-18(30)10-11-22(19)37-25(23)26(35)33(29)28-31-12-13-38-28/h2-14H,15H2,1H3. The summed E-state index contributed by atoms with van der Waals surface area (Å²) >= 11 is 7.43. The maximum Gasteiger partial charge on any atom is 0.297 e. The van der Waals surface area contributed by atoms with Gasteiger partial charge < -0.3 is 9.32 Å². The van der Waals surface area contributed by atoms with Gasteiger partial charge in [-0.25, -0.2) is 4.98 Å². The van der Waals surface area contributed by atoms with E-state index in [2.05, 4.69) is 4.98 Å². The molecule has 1 atom stereocenters. The van der Waals surface area contributed by atoms with E-state index >= 15 is 0 Å². The molecular weight excluding hydrogens is 522 g/mol. The largest absolute Gasteiger partial charge is 0.450 e. The average molecular weight is 540 g/mol. The second-order valence-corrected chi connectivity index (χ2v) is 10.6. The number of carbonyl (C=O) groups is 2. The highest BCUT2D eigenvalue weighted by Gasteiger charge is 2.66. The molecule has 2 aromatic heterocycles. The van der Waals surface area contributed by atoms with E-state index < -0.39 is 22.8 Å². The predicted molar refractivity (Wildman–Crippen MR) is 146 cm³/mol. The Labute approximate surface area is 225 Å². The number of carbonyl (C=O) groups excluding carboxylic acids is 2. The summed E-state index contributed by atoms with van der Waals surface area (Å²) in [6.07, 6.45) is 1.56. The average Bonchev–Trinajstić information content (AvgIpc) is 3.59. The molecule has 0 saturated heterocycles. The van der Waals surface area contributed by atoms with Crippen molar-refractivity contribution >= 4 is 56.5 Å². The van der Waals surface area contributed by atoms with Gasteiger partial charge in [0.1, 0.15) is 5.58 Å². The molecule has 0 bridgehead atoms. The maximum atomic E-state index is 14.7. The van der Waals surface area contributed by atoms with Gasteiger partial charge in [0.2, 0.25) is 5.76 Å². The van der Waals surface area contributed by atoms with Gasteiger partial charge in [0.15, 0.2) is 16.1 Å².